The molecule has 0 rings (SSSR count). The summed E-state index contributed by atoms with van der Waals surface area (Å²) < 4.78 is 0. The third-order valence-corrected chi connectivity index (χ3v) is 0. The molecule has 0 amide bonds. The van der Waals surface area contributed by atoms with Gasteiger partial charge < -0.3 is 7.96 Å². The van der Waals surface area contributed by atoms with Crippen LogP contribution in [-0.2, 0) is 21.7 Å². The molecule has 0 unspecified atom stereocenters. The Morgan fingerprint density at radius 1 is 1.80 bits per heavy atom. The van der Waals surface area contributed by atoms with Crippen molar-refractivity contribution >= 4 is 48.9 Å². The van der Waals surface area contributed by atoms with Gasteiger partial charge in [-0.2, -0.15) is 0 Å². The average molecular weight is 233 g/mol. The Morgan fingerprint density at radius 2 is 1.80 bits per heavy atom. The van der Waals surface area contributed by atoms with Crippen molar-refractivity contribution in [2.45, 2.75) is 6.92 Å². The van der Waals surface area contributed by atoms with E-state index in [0.717, 1.165) is 0 Å². The number of aliphatic hydroxyl groups is 1. The van der Waals surface area contributed by atoms with Gasteiger partial charge in [-0.25, -0.2) is 0 Å². The molecule has 1 nitrogen and oxygen atoms in total. The molecule has 5 heavy (non-hydrogen) atoms. The zero-order valence-electron chi connectivity index (χ0n) is 5.36. The predicted molar refractivity (Wildman–Crippen MR) is 20.7 cm³/mol. The first-order valence-corrected chi connectivity index (χ1v) is 1.02. The van der Waals surface area contributed by atoms with Crippen LogP contribution in [0.4, 0.5) is 0 Å². The predicted octanol–water partition coefficient (Wildman–Crippen LogP) is -0.160. The molecule has 28 valence electrons. The number of hydrogen-bond acceptors (Lipinski definition) is 1. The topological polar surface area (TPSA) is 20.2 Å². The maximum absolute atomic E-state index is 7.57. The molecule has 0 saturated heterocycles. The normalized spacial score (nSPS) is 3.60. The van der Waals surface area contributed by atoms with Crippen LogP contribution in [0.2, 0.25) is 0 Å². The Bertz CT molecular complexity index is 15.7. The molecule has 0 saturated carbocycles. The minimum atomic E-state index is 0. The van der Waals surface area contributed by atoms with Crippen LogP contribution in [0, 0.1) is 0 Å². The molecule has 0 heterocycles. The second kappa shape index (κ2) is 16.3. The molecule has 3 heteroatoms. The van der Waals surface area contributed by atoms with Crippen LogP contribution in [0.3, 0.4) is 0 Å². The fourth-order valence-corrected chi connectivity index (χ4v) is 0. The molecular weight excluding hydrogens is 225 g/mol. The molecule has 0 aromatic rings. The monoisotopic (exact) mass is 234 g/mol. The summed E-state index contributed by atoms with van der Waals surface area (Å²) >= 11 is 0. The fraction of sp³-hybridized carbons (Fsp3) is 1.00. The van der Waals surface area contributed by atoms with Gasteiger partial charge in [0.25, 0.3) is 0 Å². The van der Waals surface area contributed by atoms with Gasteiger partial charge in [0, 0.05) is 28.3 Å². The molecule has 0 aliphatic heterocycles. The average Bonchev–Trinajstić information content (AvgIpc) is 0.918. The second-order valence-corrected chi connectivity index (χ2v) is 0.316. The minimum Gasteiger partial charge on any atom is -1.00 e. The van der Waals surface area contributed by atoms with Gasteiger partial charge in [0.05, 0.1) is 0 Å². The van der Waals surface area contributed by atoms with Crippen molar-refractivity contribution in [1.29, 1.82) is 0 Å². The van der Waals surface area contributed by atoms with Crippen LogP contribution in [0.25, 0.3) is 0 Å². The summed E-state index contributed by atoms with van der Waals surface area (Å²) in [6.07, 6.45) is 0. The standard InChI is InChI=1S/C2H6O.Ba.Ti.2H/c1-2-3;;;;/h3H,2H2,1H3;;;;/q;+2;;2*-1. The van der Waals surface area contributed by atoms with Gasteiger partial charge >= 0.3 is 48.9 Å². The maximum atomic E-state index is 7.57. The summed E-state index contributed by atoms with van der Waals surface area (Å²) in [6, 6.07) is 0. The fourth-order valence-electron chi connectivity index (χ4n) is 0. The van der Waals surface area contributed by atoms with Crippen LogP contribution in [-0.4, -0.2) is 60.6 Å². The smallest absolute Gasteiger partial charge is 1.00 e. The zero-order valence-corrected chi connectivity index (χ0v) is 9.36. The van der Waals surface area contributed by atoms with E-state index < -0.39 is 0 Å². The molecule has 0 aromatic heterocycles. The number of rotatable bonds is 0. The third-order valence-electron chi connectivity index (χ3n) is 0. The van der Waals surface area contributed by atoms with E-state index in [1.54, 1.807) is 6.92 Å². The Morgan fingerprint density at radius 3 is 1.80 bits per heavy atom. The summed E-state index contributed by atoms with van der Waals surface area (Å²) in [4.78, 5) is 0. The van der Waals surface area contributed by atoms with E-state index >= 15 is 0 Å². The molecule has 0 aromatic carbocycles. The Balaban J connectivity index is -0.00000000333. The van der Waals surface area contributed by atoms with Gasteiger partial charge in [0.1, 0.15) is 0 Å². The third kappa shape index (κ3) is 22.3. The largest absolute Gasteiger partial charge is 2.00 e. The van der Waals surface area contributed by atoms with Crippen LogP contribution >= 0.6 is 0 Å². The van der Waals surface area contributed by atoms with Crippen molar-refractivity contribution in [3.63, 3.8) is 0 Å². The first-order chi connectivity index (χ1) is 1.41. The first-order valence-electron chi connectivity index (χ1n) is 1.02. The molecular formula is C2H8BaOTi. The Hall–Kier alpha value is 2.25. The molecule has 0 fully saturated rings. The van der Waals surface area contributed by atoms with E-state index in [2.05, 4.69) is 0 Å². The van der Waals surface area contributed by atoms with Crippen LogP contribution < -0.4 is 0 Å². The molecule has 0 spiro atoms. The maximum Gasteiger partial charge on any atom is 2.00 e. The molecule has 0 radical (unpaired) electrons. The summed E-state index contributed by atoms with van der Waals surface area (Å²) in [6.45, 7) is 1.93. The molecule has 1 N–H and O–H groups in total. The van der Waals surface area contributed by atoms with E-state index in [1.165, 1.54) is 0 Å². The van der Waals surface area contributed by atoms with Crippen molar-refractivity contribution in [2.75, 3.05) is 6.61 Å². The summed E-state index contributed by atoms with van der Waals surface area (Å²) in [5, 5.41) is 7.57. The van der Waals surface area contributed by atoms with Gasteiger partial charge in [0.15, 0.2) is 0 Å². The molecule has 0 aliphatic carbocycles. The SMILES string of the molecule is CCO.[Ba+2].[H-].[H-].[Ti]. The Kier molecular flexibility index (Phi) is 51.2. The van der Waals surface area contributed by atoms with Crippen molar-refractivity contribution in [2.24, 2.45) is 0 Å². The second-order valence-electron chi connectivity index (χ2n) is 0.316. The zero-order chi connectivity index (χ0) is 2.71. The van der Waals surface area contributed by atoms with E-state index in [0.29, 0.717) is 0 Å². The Labute approximate surface area is 90.5 Å². The van der Waals surface area contributed by atoms with E-state index in [9.17, 15) is 0 Å². The minimum absolute atomic E-state index is 0. The van der Waals surface area contributed by atoms with E-state index in [4.69, 9.17) is 5.11 Å². The van der Waals surface area contributed by atoms with Crippen molar-refractivity contribution in [1.82, 2.24) is 0 Å². The molecule has 0 aliphatic rings. The van der Waals surface area contributed by atoms with E-state index in [1.807, 2.05) is 0 Å². The van der Waals surface area contributed by atoms with Crippen molar-refractivity contribution < 1.29 is 29.7 Å². The van der Waals surface area contributed by atoms with Crippen LogP contribution in [0.1, 0.15) is 9.78 Å². The van der Waals surface area contributed by atoms with Crippen LogP contribution in [0.15, 0.2) is 0 Å². The van der Waals surface area contributed by atoms with Gasteiger partial charge in [0.2, 0.25) is 0 Å². The van der Waals surface area contributed by atoms with Crippen molar-refractivity contribution in [3.8, 4) is 0 Å². The quantitative estimate of drug-likeness (QED) is 0.577. The van der Waals surface area contributed by atoms with E-state index in [-0.39, 0.29) is 80.1 Å². The number of aliphatic hydroxyl groups excluding tert-OH is 1. The molecule has 0 atom stereocenters. The summed E-state index contributed by atoms with van der Waals surface area (Å²) in [5.41, 5.74) is 0. The number of hydrogen-bond donors (Lipinski definition) is 1. The van der Waals surface area contributed by atoms with Gasteiger partial charge in [-0.3, -0.25) is 0 Å². The van der Waals surface area contributed by atoms with Gasteiger partial charge in [-0.15, -0.1) is 0 Å². The van der Waals surface area contributed by atoms with Gasteiger partial charge in [-0.1, -0.05) is 0 Å². The van der Waals surface area contributed by atoms with Gasteiger partial charge in [-0.05, 0) is 6.92 Å². The summed E-state index contributed by atoms with van der Waals surface area (Å²) in [5.74, 6) is 0. The molecule has 0 bridgehead atoms. The summed E-state index contributed by atoms with van der Waals surface area (Å²) in [7, 11) is 0. The first kappa shape index (κ1) is 15.7. The van der Waals surface area contributed by atoms with Crippen LogP contribution in [0.5, 0.6) is 0 Å². The van der Waals surface area contributed by atoms with Crippen molar-refractivity contribution in [3.05, 3.63) is 0 Å².